The van der Waals surface area contributed by atoms with Crippen molar-refractivity contribution >= 4 is 0 Å². The van der Waals surface area contributed by atoms with Gasteiger partial charge >= 0.3 is 0 Å². The first-order valence-corrected chi connectivity index (χ1v) is 5.17. The van der Waals surface area contributed by atoms with Crippen molar-refractivity contribution in [1.29, 1.82) is 0 Å². The molecule has 0 amide bonds. The second-order valence-electron chi connectivity index (χ2n) is 4.17. The summed E-state index contributed by atoms with van der Waals surface area (Å²) in [5.41, 5.74) is 6.95. The first kappa shape index (κ1) is 11.9. The average Bonchev–Trinajstić information content (AvgIpc) is 2.16. The van der Waals surface area contributed by atoms with Crippen LogP contribution in [0.2, 0.25) is 0 Å². The van der Waals surface area contributed by atoms with Gasteiger partial charge in [0.1, 0.15) is 0 Å². The summed E-state index contributed by atoms with van der Waals surface area (Å²) in [5.74, 6) is 1.17. The molecule has 1 atom stereocenters. The smallest absolute Gasteiger partial charge is 0.160 e. The Kier molecular flexibility index (Phi) is 3.97. The Balaban J connectivity index is 2.82. The molecule has 1 aromatic rings. The summed E-state index contributed by atoms with van der Waals surface area (Å²) in [7, 11) is 1.53. The Hall–Kier alpha value is -1.22. The number of hydrogen-bond acceptors (Lipinski definition) is 3. The highest BCUT2D eigenvalue weighted by Gasteiger charge is 2.10. The highest BCUT2D eigenvalue weighted by molar-refractivity contribution is 5.42. The normalized spacial score (nSPS) is 12.9. The number of phenols is 1. The lowest BCUT2D eigenvalue weighted by atomic mass is 9.97. The molecule has 15 heavy (non-hydrogen) atoms. The minimum absolute atomic E-state index is 0.0261. The van der Waals surface area contributed by atoms with Gasteiger partial charge in [-0.25, -0.2) is 0 Å². The van der Waals surface area contributed by atoms with Crippen LogP contribution in [0.3, 0.4) is 0 Å². The van der Waals surface area contributed by atoms with E-state index in [1.54, 1.807) is 12.1 Å². The molecule has 3 nitrogen and oxygen atoms in total. The molecule has 0 bridgehead atoms. The SMILES string of the molecule is COc1ccc([C@@H](N)CC(C)C)cc1O. The van der Waals surface area contributed by atoms with Gasteiger partial charge in [0, 0.05) is 6.04 Å². The third-order valence-electron chi connectivity index (χ3n) is 2.36. The molecule has 0 unspecified atom stereocenters. The molecule has 0 aliphatic heterocycles. The summed E-state index contributed by atoms with van der Waals surface area (Å²) in [6.45, 7) is 4.26. The van der Waals surface area contributed by atoms with E-state index in [0.29, 0.717) is 11.7 Å². The van der Waals surface area contributed by atoms with E-state index in [9.17, 15) is 5.11 Å². The van der Waals surface area contributed by atoms with Crippen LogP contribution in [0.1, 0.15) is 31.9 Å². The monoisotopic (exact) mass is 209 g/mol. The van der Waals surface area contributed by atoms with Crippen LogP contribution in [0, 0.1) is 5.92 Å². The molecule has 0 spiro atoms. The van der Waals surface area contributed by atoms with Gasteiger partial charge in [0.2, 0.25) is 0 Å². The largest absolute Gasteiger partial charge is 0.504 e. The Morgan fingerprint density at radius 2 is 2.07 bits per heavy atom. The molecule has 1 rings (SSSR count). The molecule has 3 N–H and O–H groups in total. The van der Waals surface area contributed by atoms with Crippen molar-refractivity contribution < 1.29 is 9.84 Å². The molecular weight excluding hydrogens is 190 g/mol. The van der Waals surface area contributed by atoms with Crippen molar-refractivity contribution in [2.45, 2.75) is 26.3 Å². The minimum atomic E-state index is -0.0261. The third-order valence-corrected chi connectivity index (χ3v) is 2.36. The number of phenolic OH excluding ortho intramolecular Hbond substituents is 1. The van der Waals surface area contributed by atoms with Crippen LogP contribution in [-0.2, 0) is 0 Å². The Morgan fingerprint density at radius 1 is 1.40 bits per heavy atom. The first-order chi connectivity index (χ1) is 7.04. The van der Waals surface area contributed by atoms with Gasteiger partial charge in [-0.1, -0.05) is 19.9 Å². The summed E-state index contributed by atoms with van der Waals surface area (Å²) >= 11 is 0. The average molecular weight is 209 g/mol. The Morgan fingerprint density at radius 3 is 2.53 bits per heavy atom. The lowest BCUT2D eigenvalue weighted by Crippen LogP contribution is -2.12. The molecule has 1 aromatic carbocycles. The maximum absolute atomic E-state index is 9.59. The van der Waals surface area contributed by atoms with Crippen LogP contribution in [0.5, 0.6) is 11.5 Å². The molecule has 0 radical (unpaired) electrons. The third kappa shape index (κ3) is 3.13. The molecule has 0 fully saturated rings. The zero-order valence-corrected chi connectivity index (χ0v) is 9.53. The molecule has 84 valence electrons. The van der Waals surface area contributed by atoms with E-state index in [0.717, 1.165) is 12.0 Å². The predicted molar refractivity (Wildman–Crippen MR) is 61.0 cm³/mol. The van der Waals surface area contributed by atoms with E-state index in [1.807, 2.05) is 6.07 Å². The van der Waals surface area contributed by atoms with Crippen LogP contribution in [0.25, 0.3) is 0 Å². The number of hydrogen-bond donors (Lipinski definition) is 2. The van der Waals surface area contributed by atoms with Crippen LogP contribution in [0.4, 0.5) is 0 Å². The molecular formula is C12H19NO2. The number of methoxy groups -OCH3 is 1. The highest BCUT2D eigenvalue weighted by atomic mass is 16.5. The fourth-order valence-electron chi connectivity index (χ4n) is 1.58. The number of rotatable bonds is 4. The Labute approximate surface area is 90.9 Å². The summed E-state index contributed by atoms with van der Waals surface area (Å²) in [6.07, 6.45) is 0.909. The van der Waals surface area contributed by atoms with E-state index >= 15 is 0 Å². The molecule has 0 aromatic heterocycles. The maximum Gasteiger partial charge on any atom is 0.160 e. The quantitative estimate of drug-likeness (QED) is 0.800. The second kappa shape index (κ2) is 5.03. The fourth-order valence-corrected chi connectivity index (χ4v) is 1.58. The van der Waals surface area contributed by atoms with Gasteiger partial charge < -0.3 is 15.6 Å². The number of ether oxygens (including phenoxy) is 1. The summed E-state index contributed by atoms with van der Waals surface area (Å²) in [4.78, 5) is 0. The molecule has 0 heterocycles. The van der Waals surface area contributed by atoms with Crippen LogP contribution in [-0.4, -0.2) is 12.2 Å². The topological polar surface area (TPSA) is 55.5 Å². The van der Waals surface area contributed by atoms with Crippen molar-refractivity contribution in [1.82, 2.24) is 0 Å². The zero-order chi connectivity index (χ0) is 11.4. The van der Waals surface area contributed by atoms with Crippen LogP contribution < -0.4 is 10.5 Å². The number of nitrogens with two attached hydrogens (primary N) is 1. The van der Waals surface area contributed by atoms with Gasteiger partial charge in [-0.3, -0.25) is 0 Å². The fraction of sp³-hybridized carbons (Fsp3) is 0.500. The van der Waals surface area contributed by atoms with Gasteiger partial charge in [-0.2, -0.15) is 0 Å². The zero-order valence-electron chi connectivity index (χ0n) is 9.53. The molecule has 0 saturated heterocycles. The van der Waals surface area contributed by atoms with Gasteiger partial charge in [0.25, 0.3) is 0 Å². The van der Waals surface area contributed by atoms with Crippen molar-refractivity contribution in [2.75, 3.05) is 7.11 Å². The highest BCUT2D eigenvalue weighted by Crippen LogP contribution is 2.29. The van der Waals surface area contributed by atoms with Crippen molar-refractivity contribution in [3.8, 4) is 11.5 Å². The van der Waals surface area contributed by atoms with E-state index in [-0.39, 0.29) is 11.8 Å². The van der Waals surface area contributed by atoms with E-state index in [1.165, 1.54) is 7.11 Å². The van der Waals surface area contributed by atoms with Gasteiger partial charge in [-0.15, -0.1) is 0 Å². The predicted octanol–water partition coefficient (Wildman–Crippen LogP) is 2.45. The molecule has 0 aliphatic rings. The van der Waals surface area contributed by atoms with E-state index in [2.05, 4.69) is 13.8 Å². The number of benzene rings is 1. The standard InChI is InChI=1S/C12H19NO2/c1-8(2)6-10(13)9-4-5-12(15-3)11(14)7-9/h4-5,7-8,10,14H,6,13H2,1-3H3/t10-/m0/s1. The van der Waals surface area contributed by atoms with Crippen molar-refractivity contribution in [3.05, 3.63) is 23.8 Å². The van der Waals surface area contributed by atoms with Gasteiger partial charge in [0.15, 0.2) is 11.5 Å². The van der Waals surface area contributed by atoms with Gasteiger partial charge in [-0.05, 0) is 30.0 Å². The summed E-state index contributed by atoms with van der Waals surface area (Å²) in [5, 5.41) is 9.59. The van der Waals surface area contributed by atoms with Gasteiger partial charge in [0.05, 0.1) is 7.11 Å². The lowest BCUT2D eigenvalue weighted by Gasteiger charge is -2.15. The van der Waals surface area contributed by atoms with Crippen molar-refractivity contribution in [2.24, 2.45) is 11.7 Å². The molecule has 0 aliphatic carbocycles. The molecule has 0 saturated carbocycles. The summed E-state index contributed by atoms with van der Waals surface area (Å²) in [6, 6.07) is 5.28. The molecule has 3 heteroatoms. The second-order valence-corrected chi connectivity index (χ2v) is 4.17. The number of aromatic hydroxyl groups is 1. The first-order valence-electron chi connectivity index (χ1n) is 5.17. The van der Waals surface area contributed by atoms with Crippen LogP contribution >= 0.6 is 0 Å². The van der Waals surface area contributed by atoms with E-state index in [4.69, 9.17) is 10.5 Å². The maximum atomic E-state index is 9.59. The van der Waals surface area contributed by atoms with Crippen LogP contribution in [0.15, 0.2) is 18.2 Å². The van der Waals surface area contributed by atoms with E-state index < -0.39 is 0 Å². The lowest BCUT2D eigenvalue weighted by molar-refractivity contribution is 0.372. The van der Waals surface area contributed by atoms with Crippen molar-refractivity contribution in [3.63, 3.8) is 0 Å². The minimum Gasteiger partial charge on any atom is -0.504 e. The Bertz CT molecular complexity index is 323. The summed E-state index contributed by atoms with van der Waals surface area (Å²) < 4.78 is 4.97.